The van der Waals surface area contributed by atoms with Crippen LogP contribution in [0.4, 0.5) is 0 Å². The molecule has 0 saturated carbocycles. The maximum absolute atomic E-state index is 6.46. The molecule has 0 aliphatic carbocycles. The smallest absolute Gasteiger partial charge is 0.0598 e. The highest BCUT2D eigenvalue weighted by atomic mass is 32.1. The summed E-state index contributed by atoms with van der Waals surface area (Å²) in [6.07, 6.45) is 4.69. The number of rotatable bonds is 7. The van der Waals surface area contributed by atoms with E-state index in [1.165, 1.54) is 16.0 Å². The third-order valence-electron chi connectivity index (χ3n) is 3.98. The molecule has 0 bridgehead atoms. The molecule has 0 amide bonds. The molecule has 4 heteroatoms. The monoisotopic (exact) mass is 303 g/mol. The van der Waals surface area contributed by atoms with E-state index in [0.29, 0.717) is 0 Å². The zero-order valence-electron chi connectivity index (χ0n) is 13.1. The Morgan fingerprint density at radius 2 is 1.95 bits per heavy atom. The summed E-state index contributed by atoms with van der Waals surface area (Å²) in [6, 6.07) is 6.80. The number of hydrogen-bond donors (Lipinski definition) is 1. The quantitative estimate of drug-likeness (QED) is 0.847. The minimum atomic E-state index is 0.157. The molecule has 0 aliphatic heterocycles. The van der Waals surface area contributed by atoms with E-state index in [1.54, 1.807) is 0 Å². The lowest BCUT2D eigenvalue weighted by atomic mass is 10.00. The van der Waals surface area contributed by atoms with Crippen LogP contribution < -0.4 is 5.73 Å². The second-order valence-corrected chi connectivity index (χ2v) is 6.35. The highest BCUT2D eigenvalue weighted by Crippen LogP contribution is 2.32. The van der Waals surface area contributed by atoms with Crippen LogP contribution in [0.5, 0.6) is 0 Å². The third-order valence-corrected chi connectivity index (χ3v) is 5.07. The van der Waals surface area contributed by atoms with Crippen molar-refractivity contribution in [2.24, 2.45) is 5.73 Å². The van der Waals surface area contributed by atoms with Crippen LogP contribution >= 0.6 is 11.3 Å². The number of hydrogen-bond acceptors (Lipinski definition) is 4. The molecule has 2 atom stereocenters. The molecule has 2 aromatic rings. The Hall–Kier alpha value is -1.23. The van der Waals surface area contributed by atoms with Gasteiger partial charge in [0.15, 0.2) is 0 Å². The van der Waals surface area contributed by atoms with Gasteiger partial charge >= 0.3 is 0 Å². The molecule has 0 radical (unpaired) electrons. The van der Waals surface area contributed by atoms with Crippen molar-refractivity contribution in [1.82, 2.24) is 9.88 Å². The minimum Gasteiger partial charge on any atom is -0.326 e. The number of nitrogens with two attached hydrogens (primary N) is 1. The molecule has 0 spiro atoms. The van der Waals surface area contributed by atoms with Crippen LogP contribution in [-0.2, 0) is 6.54 Å². The van der Waals surface area contributed by atoms with Crippen molar-refractivity contribution in [2.75, 3.05) is 6.54 Å². The van der Waals surface area contributed by atoms with Crippen molar-refractivity contribution in [3.63, 3.8) is 0 Å². The summed E-state index contributed by atoms with van der Waals surface area (Å²) in [5, 5.41) is 2.17. The molecular weight excluding hydrogens is 278 g/mol. The average molecular weight is 303 g/mol. The molecule has 0 aliphatic rings. The van der Waals surface area contributed by atoms with E-state index in [0.717, 1.165) is 19.5 Å². The largest absolute Gasteiger partial charge is 0.326 e. The van der Waals surface area contributed by atoms with Crippen LogP contribution in [0, 0.1) is 6.92 Å². The van der Waals surface area contributed by atoms with Gasteiger partial charge < -0.3 is 5.73 Å². The Kier molecular flexibility index (Phi) is 5.91. The van der Waals surface area contributed by atoms with Crippen molar-refractivity contribution < 1.29 is 0 Å². The second-order valence-electron chi connectivity index (χ2n) is 5.40. The first-order valence-corrected chi connectivity index (χ1v) is 8.47. The second kappa shape index (κ2) is 7.69. The van der Waals surface area contributed by atoms with Crippen molar-refractivity contribution in [2.45, 2.75) is 45.8 Å². The van der Waals surface area contributed by atoms with Gasteiger partial charge in [-0.1, -0.05) is 13.8 Å². The Morgan fingerprint density at radius 3 is 2.48 bits per heavy atom. The summed E-state index contributed by atoms with van der Waals surface area (Å²) in [5.74, 6) is 0. The lowest BCUT2D eigenvalue weighted by molar-refractivity contribution is 0.172. The number of aryl methyl sites for hydroxylation is 1. The van der Waals surface area contributed by atoms with Crippen molar-refractivity contribution in [1.29, 1.82) is 0 Å². The normalized spacial score (nSPS) is 14.3. The molecule has 2 aromatic heterocycles. The predicted molar refractivity (Wildman–Crippen MR) is 90.4 cm³/mol. The number of nitrogens with zero attached hydrogens (tertiary/aromatic N) is 2. The average Bonchev–Trinajstić information content (AvgIpc) is 2.93. The molecule has 2 rings (SSSR count). The first kappa shape index (κ1) is 16.1. The third kappa shape index (κ3) is 3.90. The fraction of sp³-hybridized carbons (Fsp3) is 0.471. The van der Waals surface area contributed by atoms with E-state index < -0.39 is 0 Å². The van der Waals surface area contributed by atoms with E-state index in [9.17, 15) is 0 Å². The first-order valence-electron chi connectivity index (χ1n) is 7.59. The molecule has 2 N–H and O–H groups in total. The zero-order chi connectivity index (χ0) is 15.2. The fourth-order valence-electron chi connectivity index (χ4n) is 2.67. The van der Waals surface area contributed by atoms with Crippen LogP contribution in [-0.4, -0.2) is 22.5 Å². The Bertz CT molecular complexity index is 538. The SMILES string of the molecule is CCC(N)C(c1sccc1C)N(CC)Cc1ccncc1. The van der Waals surface area contributed by atoms with Crippen molar-refractivity contribution in [3.8, 4) is 0 Å². The van der Waals surface area contributed by atoms with Gasteiger partial charge in [-0.3, -0.25) is 9.88 Å². The van der Waals surface area contributed by atoms with Gasteiger partial charge in [0.25, 0.3) is 0 Å². The van der Waals surface area contributed by atoms with Crippen LogP contribution in [0.3, 0.4) is 0 Å². The summed E-state index contributed by atoms with van der Waals surface area (Å²) in [4.78, 5) is 7.98. The van der Waals surface area contributed by atoms with E-state index in [-0.39, 0.29) is 12.1 Å². The van der Waals surface area contributed by atoms with Crippen LogP contribution in [0.25, 0.3) is 0 Å². The van der Waals surface area contributed by atoms with Crippen LogP contribution in [0.1, 0.15) is 42.3 Å². The molecule has 21 heavy (non-hydrogen) atoms. The Labute approximate surface area is 131 Å². The maximum Gasteiger partial charge on any atom is 0.0598 e. The first-order chi connectivity index (χ1) is 10.2. The summed E-state index contributed by atoms with van der Waals surface area (Å²) >= 11 is 1.82. The van der Waals surface area contributed by atoms with Gasteiger partial charge in [0.2, 0.25) is 0 Å². The number of aromatic nitrogens is 1. The molecule has 2 heterocycles. The molecule has 0 saturated heterocycles. The van der Waals surface area contributed by atoms with Gasteiger partial charge in [-0.2, -0.15) is 0 Å². The summed E-state index contributed by atoms with van der Waals surface area (Å²) < 4.78 is 0. The van der Waals surface area contributed by atoms with Gasteiger partial charge in [-0.05, 0) is 54.6 Å². The lowest BCUT2D eigenvalue weighted by Crippen LogP contribution is -2.40. The highest BCUT2D eigenvalue weighted by molar-refractivity contribution is 7.10. The van der Waals surface area contributed by atoms with E-state index in [4.69, 9.17) is 5.73 Å². The molecule has 0 aromatic carbocycles. The number of pyridine rings is 1. The van der Waals surface area contributed by atoms with Gasteiger partial charge in [-0.25, -0.2) is 0 Å². The standard InChI is InChI=1S/C17H25N3S/c1-4-15(18)16(17-13(3)8-11-21-17)20(5-2)12-14-6-9-19-10-7-14/h6-11,15-16H,4-5,12,18H2,1-3H3. The topological polar surface area (TPSA) is 42.1 Å². The summed E-state index contributed by atoms with van der Waals surface area (Å²) in [5.41, 5.74) is 9.10. The molecule has 2 unspecified atom stereocenters. The molecule has 114 valence electrons. The van der Waals surface area contributed by atoms with Crippen molar-refractivity contribution >= 4 is 11.3 Å². The van der Waals surface area contributed by atoms with Gasteiger partial charge in [-0.15, -0.1) is 11.3 Å². The zero-order valence-corrected chi connectivity index (χ0v) is 13.9. The highest BCUT2D eigenvalue weighted by Gasteiger charge is 2.27. The fourth-order valence-corrected chi connectivity index (χ4v) is 3.81. The maximum atomic E-state index is 6.46. The van der Waals surface area contributed by atoms with E-state index >= 15 is 0 Å². The Balaban J connectivity index is 2.27. The van der Waals surface area contributed by atoms with Gasteiger partial charge in [0.1, 0.15) is 0 Å². The minimum absolute atomic E-state index is 0.157. The van der Waals surface area contributed by atoms with E-state index in [1.807, 2.05) is 23.7 Å². The lowest BCUT2D eigenvalue weighted by Gasteiger charge is -2.34. The molecule has 0 fully saturated rings. The van der Waals surface area contributed by atoms with Crippen LogP contribution in [0.15, 0.2) is 36.0 Å². The molecular formula is C17H25N3S. The number of thiophene rings is 1. The predicted octanol–water partition coefficient (Wildman–Crippen LogP) is 3.75. The number of likely N-dealkylation sites (N-methyl/N-ethyl adjacent to an activating group) is 1. The summed E-state index contributed by atoms with van der Waals surface area (Å²) in [6.45, 7) is 8.45. The summed E-state index contributed by atoms with van der Waals surface area (Å²) in [7, 11) is 0. The van der Waals surface area contributed by atoms with Crippen molar-refractivity contribution in [3.05, 3.63) is 52.0 Å². The molecule has 3 nitrogen and oxygen atoms in total. The van der Waals surface area contributed by atoms with Gasteiger partial charge in [0, 0.05) is 29.9 Å². The van der Waals surface area contributed by atoms with Crippen LogP contribution in [0.2, 0.25) is 0 Å². The van der Waals surface area contributed by atoms with E-state index in [2.05, 4.69) is 54.2 Å². The Morgan fingerprint density at radius 1 is 1.24 bits per heavy atom. The van der Waals surface area contributed by atoms with Gasteiger partial charge in [0.05, 0.1) is 6.04 Å².